The predicted molar refractivity (Wildman–Crippen MR) is 149 cm³/mol. The Morgan fingerprint density at radius 3 is 2.73 bits per heavy atom. The number of nitrogens with zero attached hydrogens (tertiary/aromatic N) is 5. The third-order valence-corrected chi connectivity index (χ3v) is 8.71. The van der Waals surface area contributed by atoms with Crippen molar-refractivity contribution in [2.75, 3.05) is 11.4 Å². The summed E-state index contributed by atoms with van der Waals surface area (Å²) in [5, 5.41) is 11.5. The molecular formula is C29H33ClF2N6O3. The van der Waals surface area contributed by atoms with Crippen LogP contribution in [0, 0.1) is 30.6 Å². The minimum absolute atomic E-state index is 0.0837. The average Bonchev–Trinajstić information content (AvgIpc) is 3.23. The molecule has 2 aliphatic carbocycles. The highest BCUT2D eigenvalue weighted by Gasteiger charge is 2.59. The van der Waals surface area contributed by atoms with Crippen LogP contribution in [0.5, 0.6) is 0 Å². The normalized spacial score (nSPS) is 26.5. The first-order chi connectivity index (χ1) is 19.5. The first-order valence-corrected chi connectivity index (χ1v) is 14.1. The van der Waals surface area contributed by atoms with Crippen molar-refractivity contribution < 1.29 is 23.1 Å². The van der Waals surface area contributed by atoms with E-state index in [0.717, 1.165) is 17.7 Å². The van der Waals surface area contributed by atoms with Gasteiger partial charge in [0.2, 0.25) is 5.91 Å². The van der Waals surface area contributed by atoms with Gasteiger partial charge in [-0.1, -0.05) is 36.4 Å². The minimum Gasteiger partial charge on any atom is -0.439 e. The molecule has 2 aromatic heterocycles. The number of pyridine rings is 1. The molecule has 0 aromatic carbocycles. The molecule has 1 N–H and O–H groups in total. The van der Waals surface area contributed by atoms with Gasteiger partial charge in [0.25, 0.3) is 5.91 Å². The van der Waals surface area contributed by atoms with Crippen LogP contribution in [0.3, 0.4) is 0 Å². The van der Waals surface area contributed by atoms with Crippen molar-refractivity contribution in [1.29, 1.82) is 0 Å². The number of ether oxygens (including phenoxy) is 1. The van der Waals surface area contributed by atoms with E-state index in [4.69, 9.17) is 11.6 Å². The molecule has 5 rings (SSSR count). The molecule has 0 radical (unpaired) electrons. The van der Waals surface area contributed by atoms with Crippen molar-refractivity contribution in [3.8, 4) is 0 Å². The van der Waals surface area contributed by atoms with E-state index < -0.39 is 6.61 Å². The number of amides is 2. The number of piperidine rings is 1. The summed E-state index contributed by atoms with van der Waals surface area (Å²) in [6.07, 6.45) is 9.17. The summed E-state index contributed by atoms with van der Waals surface area (Å²) in [7, 11) is 0. The molecule has 3 unspecified atom stereocenters. The number of carbonyl (C=O) groups excluding carboxylic acids is 2. The van der Waals surface area contributed by atoms with Crippen LogP contribution in [-0.4, -0.2) is 51.0 Å². The van der Waals surface area contributed by atoms with Crippen LogP contribution in [0.4, 0.5) is 14.6 Å². The quantitative estimate of drug-likeness (QED) is 0.289. The largest absolute Gasteiger partial charge is 0.439 e. The van der Waals surface area contributed by atoms with E-state index in [0.29, 0.717) is 41.9 Å². The van der Waals surface area contributed by atoms with E-state index in [1.807, 2.05) is 19.9 Å². The number of halogens is 3. The van der Waals surface area contributed by atoms with Crippen LogP contribution in [-0.2, 0) is 9.53 Å². The van der Waals surface area contributed by atoms with E-state index in [1.165, 1.54) is 18.2 Å². The standard InChI is InChI=1S/C29H33ClF2N6O3/c1-5-19(30)6-7-21(41-29(31)32)11-18-9-20(10-18)34-27(39)24-14-38(36-35-24)17(4)22-12-33-25(8-15(22)2)37-13-23-16(3)26(23)28(37)40/h5-8,12,14,16-18,20,23,26,29H,1,9-11,13H2,2-4H3,(H,34,39)/b19-6+,21-7+/t16-,17?,18?,20?,23?,26?/m1/s1. The van der Waals surface area contributed by atoms with Crippen LogP contribution in [0.15, 0.2) is 54.1 Å². The maximum absolute atomic E-state index is 12.8. The molecule has 2 saturated carbocycles. The van der Waals surface area contributed by atoms with Crippen LogP contribution >= 0.6 is 11.6 Å². The number of carbonyl (C=O) groups is 2. The number of aromatic nitrogens is 4. The summed E-state index contributed by atoms with van der Waals surface area (Å²) in [6.45, 7) is 7.34. The van der Waals surface area contributed by atoms with Gasteiger partial charge in [0.05, 0.1) is 12.2 Å². The maximum atomic E-state index is 12.8. The van der Waals surface area contributed by atoms with Gasteiger partial charge in [-0.3, -0.25) is 14.5 Å². The van der Waals surface area contributed by atoms with Crippen molar-refractivity contribution in [3.05, 3.63) is 70.9 Å². The molecule has 41 heavy (non-hydrogen) atoms. The molecule has 218 valence electrons. The average molecular weight is 587 g/mol. The molecule has 1 saturated heterocycles. The lowest BCUT2D eigenvalue weighted by Crippen LogP contribution is -2.44. The van der Waals surface area contributed by atoms with Crippen LogP contribution < -0.4 is 10.2 Å². The molecule has 3 aliphatic rings. The van der Waals surface area contributed by atoms with Crippen molar-refractivity contribution in [3.63, 3.8) is 0 Å². The molecule has 1 aliphatic heterocycles. The Balaban J connectivity index is 1.14. The van der Waals surface area contributed by atoms with Gasteiger partial charge >= 0.3 is 6.61 Å². The Bertz CT molecular complexity index is 1400. The second kappa shape index (κ2) is 11.7. The molecule has 2 amide bonds. The first kappa shape index (κ1) is 28.9. The molecule has 3 heterocycles. The highest BCUT2D eigenvalue weighted by atomic mass is 35.5. The van der Waals surface area contributed by atoms with Crippen LogP contribution in [0.1, 0.15) is 60.8 Å². The highest BCUT2D eigenvalue weighted by molar-refractivity contribution is 6.31. The number of aryl methyl sites for hydroxylation is 1. The molecule has 12 heteroatoms. The topological polar surface area (TPSA) is 102 Å². The second-order valence-electron chi connectivity index (χ2n) is 11.1. The molecule has 2 aromatic rings. The fraction of sp³-hybridized carbons (Fsp3) is 0.483. The summed E-state index contributed by atoms with van der Waals surface area (Å²) in [4.78, 5) is 31.8. The monoisotopic (exact) mass is 586 g/mol. The molecule has 3 fully saturated rings. The Morgan fingerprint density at radius 2 is 2.10 bits per heavy atom. The summed E-state index contributed by atoms with van der Waals surface area (Å²) in [5.41, 5.74) is 2.07. The Labute approximate surface area is 242 Å². The van der Waals surface area contributed by atoms with Crippen molar-refractivity contribution >= 4 is 29.2 Å². The first-order valence-electron chi connectivity index (χ1n) is 13.7. The Hall–Kier alpha value is -3.60. The van der Waals surface area contributed by atoms with Gasteiger partial charge in [0.15, 0.2) is 5.69 Å². The SMILES string of the molecule is C=C/C(Cl)=C\C=C(/CC1CC(NC(=O)c2cn(C(C)c3cnc(N4CC5C(C4=O)[C@@H]5C)cc3C)nn2)C1)OC(F)F. The second-order valence-corrected chi connectivity index (χ2v) is 11.6. The maximum Gasteiger partial charge on any atom is 0.387 e. The predicted octanol–water partition coefficient (Wildman–Crippen LogP) is 5.15. The Morgan fingerprint density at radius 1 is 1.34 bits per heavy atom. The molecule has 0 bridgehead atoms. The third-order valence-electron chi connectivity index (χ3n) is 8.43. The van der Waals surface area contributed by atoms with E-state index in [-0.39, 0.29) is 47.2 Å². The van der Waals surface area contributed by atoms with Gasteiger partial charge in [0, 0.05) is 36.2 Å². The van der Waals surface area contributed by atoms with Gasteiger partial charge in [0.1, 0.15) is 11.6 Å². The number of fused-ring (bicyclic) bond motifs is 1. The number of anilines is 1. The molecular weight excluding hydrogens is 554 g/mol. The number of hydrogen-bond donors (Lipinski definition) is 1. The summed E-state index contributed by atoms with van der Waals surface area (Å²) < 4.78 is 31.8. The fourth-order valence-electron chi connectivity index (χ4n) is 5.84. The zero-order valence-electron chi connectivity index (χ0n) is 23.1. The highest BCUT2D eigenvalue weighted by Crippen LogP contribution is 2.52. The van der Waals surface area contributed by atoms with E-state index in [1.54, 1.807) is 22.0 Å². The lowest BCUT2D eigenvalue weighted by Gasteiger charge is -2.36. The summed E-state index contributed by atoms with van der Waals surface area (Å²) in [5.74, 6) is 1.73. The Kier molecular flexibility index (Phi) is 8.26. The number of allylic oxidation sites excluding steroid dienone is 5. The molecule has 4 atom stereocenters. The lowest BCUT2D eigenvalue weighted by atomic mass is 9.77. The number of nitrogens with one attached hydrogen (secondary N) is 1. The van der Waals surface area contributed by atoms with Gasteiger partial charge in [-0.05, 0) is 73.8 Å². The van der Waals surface area contributed by atoms with Gasteiger partial charge in [-0.2, -0.15) is 8.78 Å². The molecule has 9 nitrogen and oxygen atoms in total. The van der Waals surface area contributed by atoms with E-state index >= 15 is 0 Å². The van der Waals surface area contributed by atoms with Gasteiger partial charge < -0.3 is 10.1 Å². The summed E-state index contributed by atoms with van der Waals surface area (Å²) >= 11 is 5.86. The van der Waals surface area contributed by atoms with E-state index in [9.17, 15) is 18.4 Å². The number of hydrogen-bond acceptors (Lipinski definition) is 6. The summed E-state index contributed by atoms with van der Waals surface area (Å²) in [6, 6.07) is 1.59. The van der Waals surface area contributed by atoms with Crippen molar-refractivity contribution in [2.45, 2.75) is 58.7 Å². The van der Waals surface area contributed by atoms with Crippen molar-refractivity contribution in [2.24, 2.45) is 23.7 Å². The number of rotatable bonds is 11. The zero-order valence-corrected chi connectivity index (χ0v) is 23.9. The minimum atomic E-state index is -2.93. The van der Waals surface area contributed by atoms with Crippen LogP contribution in [0.2, 0.25) is 0 Å². The van der Waals surface area contributed by atoms with Crippen LogP contribution in [0.25, 0.3) is 0 Å². The van der Waals surface area contributed by atoms with Gasteiger partial charge in [-0.15, -0.1) is 5.10 Å². The van der Waals surface area contributed by atoms with Gasteiger partial charge in [-0.25, -0.2) is 9.67 Å². The lowest BCUT2D eigenvalue weighted by molar-refractivity contribution is -0.119. The zero-order chi connectivity index (χ0) is 29.4. The van der Waals surface area contributed by atoms with Crippen molar-refractivity contribution in [1.82, 2.24) is 25.3 Å². The molecule has 0 spiro atoms. The smallest absolute Gasteiger partial charge is 0.387 e. The fourth-order valence-corrected chi connectivity index (χ4v) is 5.91. The van der Waals surface area contributed by atoms with E-state index in [2.05, 4.69) is 38.9 Å². The number of alkyl halides is 2. The third kappa shape index (κ3) is 6.19.